The molecule has 1 saturated heterocycles. The van der Waals surface area contributed by atoms with Crippen molar-refractivity contribution in [2.75, 3.05) is 51.4 Å². The number of benzene rings is 1. The smallest absolute Gasteiger partial charge is 0.419 e. The first-order chi connectivity index (χ1) is 21.2. The molecule has 0 N–H and O–H groups in total. The Bertz CT molecular complexity index is 1630. The van der Waals surface area contributed by atoms with Gasteiger partial charge < -0.3 is 23.8 Å². The Hall–Kier alpha value is -4.46. The number of methoxy groups -OCH3 is 1. The van der Waals surface area contributed by atoms with Crippen LogP contribution >= 0.6 is 0 Å². The minimum Gasteiger partial charge on any atom is -0.497 e. The second-order valence-electron chi connectivity index (χ2n) is 10.4. The minimum absolute atomic E-state index is 0.0535. The molecule has 0 unspecified atom stereocenters. The Morgan fingerprint density at radius 2 is 1.70 bits per heavy atom. The summed E-state index contributed by atoms with van der Waals surface area (Å²) >= 11 is 0. The van der Waals surface area contributed by atoms with Gasteiger partial charge in [-0.3, -0.25) is 9.59 Å². The molecule has 1 aliphatic rings. The highest BCUT2D eigenvalue weighted by Crippen LogP contribution is 2.28. The highest BCUT2D eigenvalue weighted by molar-refractivity contribution is 5.82. The van der Waals surface area contributed by atoms with Crippen LogP contribution in [0.4, 0.5) is 19.1 Å². The van der Waals surface area contributed by atoms with E-state index in [9.17, 15) is 22.8 Å². The van der Waals surface area contributed by atoms with Crippen molar-refractivity contribution in [3.63, 3.8) is 0 Å². The van der Waals surface area contributed by atoms with Crippen molar-refractivity contribution in [2.45, 2.75) is 39.0 Å². The van der Waals surface area contributed by atoms with Crippen molar-refractivity contribution in [3.05, 3.63) is 76.1 Å². The first-order valence-corrected chi connectivity index (χ1v) is 14.4. The molecule has 1 fully saturated rings. The molecular formula is C30H34F3N7O4. The molecule has 1 aromatic carbocycles. The molecule has 44 heavy (non-hydrogen) atoms. The van der Waals surface area contributed by atoms with Gasteiger partial charge in [-0.25, -0.2) is 14.6 Å². The zero-order valence-electron chi connectivity index (χ0n) is 24.6. The number of ether oxygens (including phenoxy) is 2. The minimum atomic E-state index is -4.49. The number of amides is 1. The largest absolute Gasteiger partial charge is 0.497 e. The number of hydrogen-bond donors (Lipinski definition) is 0. The summed E-state index contributed by atoms with van der Waals surface area (Å²) < 4.78 is 52.6. The predicted molar refractivity (Wildman–Crippen MR) is 157 cm³/mol. The molecule has 4 aromatic rings. The Morgan fingerprint density at radius 3 is 2.34 bits per heavy atom. The lowest BCUT2D eigenvalue weighted by Gasteiger charge is -2.34. The van der Waals surface area contributed by atoms with Gasteiger partial charge in [-0.1, -0.05) is 12.1 Å². The van der Waals surface area contributed by atoms with Crippen LogP contribution in [0, 0.1) is 0 Å². The SMILES string of the molecule is CCn1cc(CCOCCC(=O)N2CCN(c3ncc(C(F)(F)F)cn3)CC2)c2cnn(Cc3ccc(OC)cc3)c(=O)c21. The van der Waals surface area contributed by atoms with Crippen molar-refractivity contribution in [3.8, 4) is 5.75 Å². The van der Waals surface area contributed by atoms with E-state index < -0.39 is 11.7 Å². The van der Waals surface area contributed by atoms with Gasteiger partial charge in [0, 0.05) is 56.7 Å². The molecule has 0 spiro atoms. The van der Waals surface area contributed by atoms with Crippen LogP contribution in [0.25, 0.3) is 10.9 Å². The number of halogens is 3. The highest BCUT2D eigenvalue weighted by Gasteiger charge is 2.32. The lowest BCUT2D eigenvalue weighted by Crippen LogP contribution is -2.49. The van der Waals surface area contributed by atoms with Crippen LogP contribution in [0.3, 0.4) is 0 Å². The monoisotopic (exact) mass is 613 g/mol. The van der Waals surface area contributed by atoms with Gasteiger partial charge in [0.25, 0.3) is 5.56 Å². The second-order valence-corrected chi connectivity index (χ2v) is 10.4. The van der Waals surface area contributed by atoms with E-state index in [2.05, 4.69) is 15.1 Å². The molecular weight excluding hydrogens is 579 g/mol. The van der Waals surface area contributed by atoms with E-state index in [1.807, 2.05) is 42.0 Å². The second kappa shape index (κ2) is 13.5. The van der Waals surface area contributed by atoms with Crippen molar-refractivity contribution in [2.24, 2.45) is 0 Å². The van der Waals surface area contributed by atoms with E-state index in [0.29, 0.717) is 57.8 Å². The van der Waals surface area contributed by atoms with Crippen LogP contribution in [0.1, 0.15) is 30.0 Å². The number of alkyl halides is 3. The average molecular weight is 614 g/mol. The zero-order valence-corrected chi connectivity index (χ0v) is 24.6. The number of aryl methyl sites for hydroxylation is 1. The number of nitrogens with zero attached hydrogens (tertiary/aromatic N) is 7. The lowest BCUT2D eigenvalue weighted by molar-refractivity contribution is -0.138. The highest BCUT2D eigenvalue weighted by atomic mass is 19.4. The topological polar surface area (TPSA) is 108 Å². The van der Waals surface area contributed by atoms with Gasteiger partial charge in [0.05, 0.1) is 45.0 Å². The molecule has 0 radical (unpaired) electrons. The van der Waals surface area contributed by atoms with E-state index in [1.54, 1.807) is 23.1 Å². The molecule has 0 bridgehead atoms. The van der Waals surface area contributed by atoms with Crippen molar-refractivity contribution in [1.29, 1.82) is 0 Å². The van der Waals surface area contributed by atoms with Crippen molar-refractivity contribution < 1.29 is 27.4 Å². The number of hydrogen-bond acceptors (Lipinski definition) is 8. The fourth-order valence-corrected chi connectivity index (χ4v) is 5.17. The van der Waals surface area contributed by atoms with E-state index in [-0.39, 0.29) is 30.4 Å². The number of fused-ring (bicyclic) bond motifs is 1. The maximum atomic E-state index is 13.3. The van der Waals surface area contributed by atoms with E-state index in [4.69, 9.17) is 9.47 Å². The molecule has 5 rings (SSSR count). The molecule has 1 amide bonds. The van der Waals surface area contributed by atoms with E-state index in [0.717, 1.165) is 34.7 Å². The fraction of sp³-hybridized carbons (Fsp3) is 0.433. The van der Waals surface area contributed by atoms with Gasteiger partial charge in [0.2, 0.25) is 11.9 Å². The number of anilines is 1. The first-order valence-electron chi connectivity index (χ1n) is 14.4. The Balaban J connectivity index is 1.09. The Labute approximate surface area is 251 Å². The maximum Gasteiger partial charge on any atom is 0.419 e. The molecule has 0 atom stereocenters. The third kappa shape index (κ3) is 7.01. The van der Waals surface area contributed by atoms with E-state index in [1.165, 1.54) is 4.68 Å². The van der Waals surface area contributed by atoms with Crippen LogP contribution in [-0.4, -0.2) is 81.6 Å². The van der Waals surface area contributed by atoms with Crippen LogP contribution in [-0.2, 0) is 35.2 Å². The summed E-state index contributed by atoms with van der Waals surface area (Å²) in [4.78, 5) is 37.2. The molecule has 1 aliphatic heterocycles. The molecule has 14 heteroatoms. The molecule has 3 aromatic heterocycles. The zero-order chi connectivity index (χ0) is 31.3. The quantitative estimate of drug-likeness (QED) is 0.237. The number of rotatable bonds is 11. The fourth-order valence-electron chi connectivity index (χ4n) is 5.17. The van der Waals surface area contributed by atoms with Crippen molar-refractivity contribution >= 4 is 22.8 Å². The Morgan fingerprint density at radius 1 is 1.00 bits per heavy atom. The molecule has 0 aliphatic carbocycles. The number of carbonyl (C=O) groups is 1. The third-order valence-corrected chi connectivity index (χ3v) is 7.65. The normalized spacial score (nSPS) is 13.9. The van der Waals surface area contributed by atoms with Crippen LogP contribution in [0.2, 0.25) is 0 Å². The van der Waals surface area contributed by atoms with Gasteiger partial charge in [-0.15, -0.1) is 0 Å². The average Bonchev–Trinajstić information content (AvgIpc) is 3.40. The summed E-state index contributed by atoms with van der Waals surface area (Å²) in [6.45, 7) is 5.28. The molecule has 4 heterocycles. The summed E-state index contributed by atoms with van der Waals surface area (Å²) in [6, 6.07) is 7.51. The molecule has 234 valence electrons. The summed E-state index contributed by atoms with van der Waals surface area (Å²) in [7, 11) is 1.61. The summed E-state index contributed by atoms with van der Waals surface area (Å²) in [6.07, 6.45) is 1.51. The van der Waals surface area contributed by atoms with Gasteiger partial charge in [-0.2, -0.15) is 18.3 Å². The summed E-state index contributed by atoms with van der Waals surface area (Å²) in [5.74, 6) is 0.903. The number of carbonyl (C=O) groups excluding carboxylic acids is 1. The standard InChI is InChI=1S/C30H34F3N7O4/c1-3-37-20-22(25-18-36-40(28(42)27(25)37)19-21-4-6-24(43-2)7-5-21)8-14-44-15-9-26(41)38-10-12-39(13-11-38)29-34-16-23(17-35-29)30(31,32)33/h4-7,16-18,20H,3,8-15,19H2,1-2H3. The van der Waals surface area contributed by atoms with Crippen molar-refractivity contribution in [1.82, 2.24) is 29.2 Å². The van der Waals surface area contributed by atoms with E-state index >= 15 is 0 Å². The van der Waals surface area contributed by atoms with Crippen LogP contribution in [0.15, 0.2) is 53.8 Å². The third-order valence-electron chi connectivity index (χ3n) is 7.65. The van der Waals surface area contributed by atoms with Crippen LogP contribution in [0.5, 0.6) is 5.75 Å². The maximum absolute atomic E-state index is 13.3. The predicted octanol–water partition coefficient (Wildman–Crippen LogP) is 3.38. The molecule has 0 saturated carbocycles. The molecule has 11 nitrogen and oxygen atoms in total. The first kappa shape index (κ1) is 31.0. The van der Waals surface area contributed by atoms with Gasteiger partial charge in [0.15, 0.2) is 0 Å². The summed E-state index contributed by atoms with van der Waals surface area (Å²) in [5.41, 5.74) is 1.43. The van der Waals surface area contributed by atoms with Gasteiger partial charge in [0.1, 0.15) is 11.3 Å². The Kier molecular flexibility index (Phi) is 9.47. The van der Waals surface area contributed by atoms with Gasteiger partial charge in [-0.05, 0) is 36.6 Å². The van der Waals surface area contributed by atoms with Gasteiger partial charge >= 0.3 is 6.18 Å². The number of aromatic nitrogens is 5. The lowest BCUT2D eigenvalue weighted by atomic mass is 10.2. The number of piperazine rings is 1. The van der Waals surface area contributed by atoms with Crippen LogP contribution < -0.4 is 15.2 Å². The summed E-state index contributed by atoms with van der Waals surface area (Å²) in [5, 5.41) is 5.21.